The Hall–Kier alpha value is -1.19. The molecular weight excluding hydrogens is 182 g/mol. The molecule has 1 atom stereocenters. The Morgan fingerprint density at radius 1 is 1.50 bits per heavy atom. The summed E-state index contributed by atoms with van der Waals surface area (Å²) >= 11 is 0. The molecule has 0 aliphatic heterocycles. The summed E-state index contributed by atoms with van der Waals surface area (Å²) in [6.45, 7) is 2.99. The number of carboxylic acid groups (broad SMARTS) is 1. The number of aliphatic carboxylic acids is 1. The van der Waals surface area contributed by atoms with Gasteiger partial charge < -0.3 is 5.11 Å². The van der Waals surface area contributed by atoms with E-state index >= 15 is 0 Å². The van der Waals surface area contributed by atoms with Gasteiger partial charge in [0, 0.05) is 6.54 Å². The van der Waals surface area contributed by atoms with Crippen LogP contribution in [0.4, 0.5) is 0 Å². The molecule has 0 radical (unpaired) electrons. The predicted molar refractivity (Wildman–Crippen MR) is 55.0 cm³/mol. The highest BCUT2D eigenvalue weighted by Gasteiger charge is 2.18. The van der Waals surface area contributed by atoms with E-state index in [1.165, 1.54) is 0 Å². The minimum atomic E-state index is -0.822. The van der Waals surface area contributed by atoms with Gasteiger partial charge in [-0.05, 0) is 27.4 Å². The van der Waals surface area contributed by atoms with Crippen molar-refractivity contribution in [2.45, 2.75) is 19.4 Å². The zero-order valence-corrected chi connectivity index (χ0v) is 8.90. The van der Waals surface area contributed by atoms with E-state index in [1.807, 2.05) is 6.92 Å². The molecule has 0 aromatic carbocycles. The van der Waals surface area contributed by atoms with Crippen molar-refractivity contribution in [3.05, 3.63) is 0 Å². The van der Waals surface area contributed by atoms with Crippen LogP contribution in [-0.2, 0) is 4.79 Å². The molecular formula is C9H17N3O2. The van der Waals surface area contributed by atoms with E-state index in [1.54, 1.807) is 19.0 Å². The van der Waals surface area contributed by atoms with Crippen molar-refractivity contribution < 1.29 is 9.90 Å². The van der Waals surface area contributed by atoms with Gasteiger partial charge in [-0.25, -0.2) is 9.98 Å². The summed E-state index contributed by atoms with van der Waals surface area (Å²) in [5.74, 6) is -0.822. The minimum absolute atomic E-state index is 0.443. The Balaban J connectivity index is 3.95. The maximum atomic E-state index is 10.7. The quantitative estimate of drug-likeness (QED) is 0.636. The zero-order valence-electron chi connectivity index (χ0n) is 8.90. The second kappa shape index (κ2) is 7.24. The maximum absolute atomic E-state index is 10.7. The van der Waals surface area contributed by atoms with Crippen LogP contribution in [-0.4, -0.2) is 55.2 Å². The molecule has 0 fully saturated rings. The fourth-order valence-corrected chi connectivity index (χ4v) is 0.960. The van der Waals surface area contributed by atoms with Gasteiger partial charge in [0.05, 0.1) is 12.6 Å². The number of carboxylic acids is 1. The Bertz CT molecular complexity index is 232. The first-order chi connectivity index (χ1) is 6.59. The van der Waals surface area contributed by atoms with Gasteiger partial charge in [-0.3, -0.25) is 9.69 Å². The standard InChI is InChI=1S/C9H17N3O2/c1-4-10-7-11-6-5-8(9(13)14)12(2)3/h8H,4-6H2,1-3H3,(H,13,14). The molecule has 0 rings (SSSR count). The molecule has 0 aliphatic rings. The van der Waals surface area contributed by atoms with Crippen molar-refractivity contribution in [1.82, 2.24) is 4.90 Å². The molecule has 1 unspecified atom stereocenters. The molecule has 0 bridgehead atoms. The van der Waals surface area contributed by atoms with E-state index in [4.69, 9.17) is 5.11 Å². The number of rotatable bonds is 6. The molecule has 5 nitrogen and oxygen atoms in total. The van der Waals surface area contributed by atoms with Gasteiger partial charge in [-0.2, -0.15) is 0 Å². The third-order valence-electron chi connectivity index (χ3n) is 1.72. The van der Waals surface area contributed by atoms with Crippen molar-refractivity contribution in [3.8, 4) is 0 Å². The summed E-state index contributed by atoms with van der Waals surface area (Å²) in [6, 6.07) is 2.02. The molecule has 5 heteroatoms. The van der Waals surface area contributed by atoms with Crippen LogP contribution < -0.4 is 0 Å². The Kier molecular flexibility index (Phi) is 6.62. The summed E-state index contributed by atoms with van der Waals surface area (Å²) in [5, 5.41) is 8.82. The van der Waals surface area contributed by atoms with Crippen LogP contribution in [0.5, 0.6) is 0 Å². The number of aliphatic imine (C=N–C) groups is 2. The minimum Gasteiger partial charge on any atom is -0.480 e. The first-order valence-electron chi connectivity index (χ1n) is 4.56. The van der Waals surface area contributed by atoms with E-state index in [0.717, 1.165) is 0 Å². The molecule has 0 spiro atoms. The van der Waals surface area contributed by atoms with Crippen molar-refractivity contribution in [2.24, 2.45) is 9.98 Å². The van der Waals surface area contributed by atoms with Crippen molar-refractivity contribution in [3.63, 3.8) is 0 Å². The van der Waals surface area contributed by atoms with Crippen LogP contribution in [0.2, 0.25) is 0 Å². The summed E-state index contributed by atoms with van der Waals surface area (Å²) < 4.78 is 0. The first-order valence-corrected chi connectivity index (χ1v) is 4.56. The Labute approximate surface area is 84.2 Å². The largest absolute Gasteiger partial charge is 0.480 e. The number of carbonyl (C=O) groups is 1. The topological polar surface area (TPSA) is 65.3 Å². The molecule has 0 heterocycles. The van der Waals surface area contributed by atoms with E-state index < -0.39 is 12.0 Å². The second-order valence-electron chi connectivity index (χ2n) is 3.06. The Morgan fingerprint density at radius 3 is 2.57 bits per heavy atom. The van der Waals surface area contributed by atoms with Crippen LogP contribution in [0, 0.1) is 0 Å². The van der Waals surface area contributed by atoms with Crippen molar-refractivity contribution in [2.75, 3.05) is 27.2 Å². The van der Waals surface area contributed by atoms with Gasteiger partial charge in [-0.15, -0.1) is 0 Å². The molecule has 0 aliphatic carbocycles. The average Bonchev–Trinajstić information content (AvgIpc) is 2.09. The van der Waals surface area contributed by atoms with Crippen LogP contribution >= 0.6 is 0 Å². The van der Waals surface area contributed by atoms with E-state index in [0.29, 0.717) is 19.5 Å². The summed E-state index contributed by atoms with van der Waals surface area (Å²) in [5.41, 5.74) is 0. The number of hydrogen-bond donors (Lipinski definition) is 1. The lowest BCUT2D eigenvalue weighted by Crippen LogP contribution is -2.36. The van der Waals surface area contributed by atoms with Crippen LogP contribution in [0.1, 0.15) is 13.3 Å². The maximum Gasteiger partial charge on any atom is 0.320 e. The fourth-order valence-electron chi connectivity index (χ4n) is 0.960. The highest BCUT2D eigenvalue weighted by molar-refractivity contribution is 5.73. The van der Waals surface area contributed by atoms with E-state index in [2.05, 4.69) is 16.0 Å². The molecule has 1 N–H and O–H groups in total. The lowest BCUT2D eigenvalue weighted by atomic mass is 10.2. The van der Waals surface area contributed by atoms with Crippen LogP contribution in [0.3, 0.4) is 0 Å². The van der Waals surface area contributed by atoms with Crippen LogP contribution in [0.15, 0.2) is 9.98 Å². The van der Waals surface area contributed by atoms with Gasteiger partial charge in [0.2, 0.25) is 0 Å². The number of nitrogens with zero attached hydrogens (tertiary/aromatic N) is 3. The van der Waals surface area contributed by atoms with Gasteiger partial charge in [0.1, 0.15) is 6.04 Å². The molecule has 14 heavy (non-hydrogen) atoms. The van der Waals surface area contributed by atoms with E-state index in [-0.39, 0.29) is 0 Å². The Morgan fingerprint density at radius 2 is 2.14 bits per heavy atom. The smallest absolute Gasteiger partial charge is 0.320 e. The van der Waals surface area contributed by atoms with Crippen molar-refractivity contribution >= 4 is 12.0 Å². The highest BCUT2D eigenvalue weighted by Crippen LogP contribution is 1.99. The van der Waals surface area contributed by atoms with E-state index in [9.17, 15) is 4.79 Å². The monoisotopic (exact) mass is 199 g/mol. The third kappa shape index (κ3) is 5.45. The fraction of sp³-hybridized carbons (Fsp3) is 0.778. The van der Waals surface area contributed by atoms with Gasteiger partial charge in [0.25, 0.3) is 0 Å². The zero-order chi connectivity index (χ0) is 11.0. The lowest BCUT2D eigenvalue weighted by molar-refractivity contribution is -0.142. The van der Waals surface area contributed by atoms with Gasteiger partial charge in [0.15, 0.2) is 0 Å². The number of hydrogen-bond acceptors (Lipinski definition) is 4. The summed E-state index contributed by atoms with van der Waals surface area (Å²) in [6.07, 6.45) is 0.481. The van der Waals surface area contributed by atoms with Gasteiger partial charge >= 0.3 is 5.97 Å². The van der Waals surface area contributed by atoms with Gasteiger partial charge in [-0.1, -0.05) is 0 Å². The molecule has 0 saturated heterocycles. The lowest BCUT2D eigenvalue weighted by Gasteiger charge is -2.18. The molecule has 0 aromatic rings. The molecule has 0 amide bonds. The normalized spacial score (nSPS) is 12.0. The number of likely N-dealkylation sites (N-methyl/N-ethyl adjacent to an activating group) is 1. The van der Waals surface area contributed by atoms with Crippen LogP contribution in [0.25, 0.3) is 0 Å². The average molecular weight is 199 g/mol. The van der Waals surface area contributed by atoms with Crippen molar-refractivity contribution in [1.29, 1.82) is 0 Å². The second-order valence-corrected chi connectivity index (χ2v) is 3.06. The summed E-state index contributed by atoms with van der Waals surface area (Å²) in [7, 11) is 3.48. The summed E-state index contributed by atoms with van der Waals surface area (Å²) in [4.78, 5) is 20.0. The molecule has 80 valence electrons. The molecule has 0 saturated carbocycles. The predicted octanol–water partition coefficient (Wildman–Crippen LogP) is 0.585. The molecule has 0 aromatic heterocycles. The SMILES string of the molecule is CCN=C=NCCC(C(=O)O)N(C)C. The third-order valence-corrected chi connectivity index (χ3v) is 1.72. The highest BCUT2D eigenvalue weighted by atomic mass is 16.4. The first kappa shape index (κ1) is 12.8.